The molecule has 1 N–H and O–H groups in total. The van der Waals surface area contributed by atoms with E-state index in [1.807, 2.05) is 23.1 Å². The summed E-state index contributed by atoms with van der Waals surface area (Å²) in [5.41, 5.74) is 3.66. The van der Waals surface area contributed by atoms with Crippen LogP contribution >= 0.6 is 0 Å². The largest absolute Gasteiger partial charge is 0.478 e. The molecule has 4 nitrogen and oxygen atoms in total. The summed E-state index contributed by atoms with van der Waals surface area (Å²) in [4.78, 5) is 26.3. The minimum Gasteiger partial charge on any atom is -0.478 e. The van der Waals surface area contributed by atoms with Crippen molar-refractivity contribution in [2.75, 3.05) is 6.54 Å². The van der Waals surface area contributed by atoms with Crippen molar-refractivity contribution < 1.29 is 14.7 Å². The molecule has 2 unspecified atom stereocenters. The van der Waals surface area contributed by atoms with Gasteiger partial charge in [0.25, 0.3) is 0 Å². The molecule has 2 aliphatic rings. The molecule has 0 bridgehead atoms. The van der Waals surface area contributed by atoms with Gasteiger partial charge in [-0.15, -0.1) is 0 Å². The van der Waals surface area contributed by atoms with Crippen molar-refractivity contribution >= 4 is 22.6 Å². The second-order valence-electron chi connectivity index (χ2n) is 7.82. The van der Waals surface area contributed by atoms with Crippen molar-refractivity contribution in [2.24, 2.45) is 5.92 Å². The smallest absolute Gasteiger partial charge is 0.335 e. The average Bonchev–Trinajstić information content (AvgIpc) is 3.52. The molecule has 1 amide bonds. The molecule has 3 aromatic rings. The maximum atomic E-state index is 13.1. The van der Waals surface area contributed by atoms with Gasteiger partial charge in [0.15, 0.2) is 0 Å². The molecule has 5 rings (SSSR count). The zero-order valence-corrected chi connectivity index (χ0v) is 15.5. The third kappa shape index (κ3) is 2.85. The van der Waals surface area contributed by atoms with Crippen molar-refractivity contribution in [3.05, 3.63) is 82.9 Å². The van der Waals surface area contributed by atoms with E-state index in [4.69, 9.17) is 0 Å². The minimum atomic E-state index is -0.926. The van der Waals surface area contributed by atoms with Crippen LogP contribution in [0.1, 0.15) is 39.4 Å². The molecule has 0 saturated heterocycles. The summed E-state index contributed by atoms with van der Waals surface area (Å²) in [5.74, 6) is -0.408. The number of amides is 1. The van der Waals surface area contributed by atoms with E-state index in [1.165, 1.54) is 16.3 Å². The molecular formula is C24H21NO3. The number of carboxylic acid groups (broad SMARTS) is 1. The second-order valence-corrected chi connectivity index (χ2v) is 7.82. The fourth-order valence-electron chi connectivity index (χ4n) is 4.50. The Bertz CT molecular complexity index is 1100. The summed E-state index contributed by atoms with van der Waals surface area (Å²) in [6, 6.07) is 19.9. The molecule has 2 atom stereocenters. The number of carbonyl (C=O) groups is 2. The maximum Gasteiger partial charge on any atom is 0.335 e. The molecule has 28 heavy (non-hydrogen) atoms. The van der Waals surface area contributed by atoms with E-state index in [0.29, 0.717) is 13.1 Å². The summed E-state index contributed by atoms with van der Waals surface area (Å²) in [6.45, 7) is 1.21. The van der Waals surface area contributed by atoms with E-state index in [2.05, 4.69) is 30.3 Å². The number of aromatic carboxylic acids is 1. The van der Waals surface area contributed by atoms with E-state index in [-0.39, 0.29) is 23.3 Å². The number of fused-ring (bicyclic) bond motifs is 2. The third-order valence-electron chi connectivity index (χ3n) is 6.11. The Morgan fingerprint density at radius 3 is 2.64 bits per heavy atom. The van der Waals surface area contributed by atoms with Crippen molar-refractivity contribution in [1.82, 2.24) is 4.90 Å². The van der Waals surface area contributed by atoms with Crippen LogP contribution in [-0.4, -0.2) is 28.4 Å². The molecule has 0 spiro atoms. The Morgan fingerprint density at radius 2 is 1.79 bits per heavy atom. The van der Waals surface area contributed by atoms with Gasteiger partial charge in [0.1, 0.15) is 0 Å². The van der Waals surface area contributed by atoms with Gasteiger partial charge in [-0.3, -0.25) is 4.79 Å². The lowest BCUT2D eigenvalue weighted by atomic mass is 9.96. The van der Waals surface area contributed by atoms with Gasteiger partial charge in [-0.2, -0.15) is 0 Å². The molecule has 3 aromatic carbocycles. The molecule has 0 aromatic heterocycles. The Labute approximate surface area is 163 Å². The predicted molar refractivity (Wildman–Crippen MR) is 107 cm³/mol. The van der Waals surface area contributed by atoms with Crippen molar-refractivity contribution in [2.45, 2.75) is 25.3 Å². The van der Waals surface area contributed by atoms with Gasteiger partial charge in [0, 0.05) is 19.0 Å². The highest BCUT2D eigenvalue weighted by atomic mass is 16.4. The molecule has 1 heterocycles. The monoisotopic (exact) mass is 371 g/mol. The Kier molecular flexibility index (Phi) is 3.93. The second kappa shape index (κ2) is 6.48. The fourth-order valence-corrected chi connectivity index (χ4v) is 4.50. The van der Waals surface area contributed by atoms with E-state index in [9.17, 15) is 14.7 Å². The molecule has 1 aliphatic heterocycles. The number of nitrogens with zero attached hydrogens (tertiary/aromatic N) is 1. The number of hydrogen-bond donors (Lipinski definition) is 1. The van der Waals surface area contributed by atoms with Crippen LogP contribution in [0.2, 0.25) is 0 Å². The predicted octanol–water partition coefficient (Wildman–Crippen LogP) is 4.23. The van der Waals surface area contributed by atoms with Crippen LogP contribution in [0.15, 0.2) is 60.7 Å². The van der Waals surface area contributed by atoms with Gasteiger partial charge in [0.2, 0.25) is 5.91 Å². The first-order chi connectivity index (χ1) is 13.6. The number of hydrogen-bond acceptors (Lipinski definition) is 2. The fraction of sp³-hybridized carbons (Fsp3) is 0.250. The molecule has 4 heteroatoms. The van der Waals surface area contributed by atoms with Gasteiger partial charge in [0.05, 0.1) is 5.56 Å². The molecular weight excluding hydrogens is 350 g/mol. The Morgan fingerprint density at radius 1 is 0.964 bits per heavy atom. The van der Waals surface area contributed by atoms with Gasteiger partial charge in [-0.25, -0.2) is 4.79 Å². The summed E-state index contributed by atoms with van der Waals surface area (Å²) in [6.07, 6.45) is 1.68. The first-order valence-corrected chi connectivity index (χ1v) is 9.73. The zero-order valence-electron chi connectivity index (χ0n) is 15.5. The van der Waals surface area contributed by atoms with Crippen LogP contribution in [-0.2, 0) is 17.8 Å². The summed E-state index contributed by atoms with van der Waals surface area (Å²) < 4.78 is 0. The van der Waals surface area contributed by atoms with Gasteiger partial charge in [-0.1, -0.05) is 48.5 Å². The van der Waals surface area contributed by atoms with E-state index in [0.717, 1.165) is 24.0 Å². The van der Waals surface area contributed by atoms with Gasteiger partial charge >= 0.3 is 5.97 Å². The normalized spacial score (nSPS) is 20.6. The average molecular weight is 371 g/mol. The highest BCUT2D eigenvalue weighted by molar-refractivity contribution is 5.90. The Hall–Kier alpha value is -3.14. The topological polar surface area (TPSA) is 57.6 Å². The van der Waals surface area contributed by atoms with E-state index < -0.39 is 5.97 Å². The summed E-state index contributed by atoms with van der Waals surface area (Å²) in [7, 11) is 0. The van der Waals surface area contributed by atoms with E-state index >= 15 is 0 Å². The highest BCUT2D eigenvalue weighted by Gasteiger charge is 2.46. The van der Waals surface area contributed by atoms with Crippen LogP contribution in [0.5, 0.6) is 0 Å². The van der Waals surface area contributed by atoms with Crippen LogP contribution in [0.4, 0.5) is 0 Å². The van der Waals surface area contributed by atoms with Crippen LogP contribution in [0.3, 0.4) is 0 Å². The summed E-state index contributed by atoms with van der Waals surface area (Å²) in [5, 5.41) is 11.7. The lowest BCUT2D eigenvalue weighted by molar-refractivity contribution is -0.133. The molecule has 1 fully saturated rings. The standard InChI is InChI=1S/C24H21NO3/c26-23(25-11-10-15-8-9-17(24(27)28)12-18(15)14-25)22-13-21(22)20-7-3-5-16-4-1-2-6-19(16)20/h1-9,12,21-22H,10-11,13-14H2,(H,27,28). The molecule has 140 valence electrons. The molecule has 1 aliphatic carbocycles. The van der Waals surface area contributed by atoms with Crippen molar-refractivity contribution in [3.8, 4) is 0 Å². The number of rotatable bonds is 3. The molecule has 1 saturated carbocycles. The van der Waals surface area contributed by atoms with Crippen LogP contribution in [0, 0.1) is 5.92 Å². The maximum absolute atomic E-state index is 13.1. The lowest BCUT2D eigenvalue weighted by Crippen LogP contribution is -2.37. The van der Waals surface area contributed by atoms with E-state index in [1.54, 1.807) is 12.1 Å². The first kappa shape index (κ1) is 17.0. The van der Waals surface area contributed by atoms with Crippen molar-refractivity contribution in [1.29, 1.82) is 0 Å². The number of carbonyl (C=O) groups excluding carboxylic acids is 1. The number of carboxylic acids is 1. The van der Waals surface area contributed by atoms with Gasteiger partial charge in [-0.05, 0) is 58.4 Å². The van der Waals surface area contributed by atoms with Crippen LogP contribution in [0.25, 0.3) is 10.8 Å². The minimum absolute atomic E-state index is 0.0370. The summed E-state index contributed by atoms with van der Waals surface area (Å²) >= 11 is 0. The zero-order chi connectivity index (χ0) is 19.3. The Balaban J connectivity index is 1.36. The van der Waals surface area contributed by atoms with Crippen molar-refractivity contribution in [3.63, 3.8) is 0 Å². The SMILES string of the molecule is O=C(O)c1ccc2c(c1)CN(C(=O)C1CC1c1cccc3ccccc13)CC2. The highest BCUT2D eigenvalue weighted by Crippen LogP contribution is 2.50. The first-order valence-electron chi connectivity index (χ1n) is 9.73. The quantitative estimate of drug-likeness (QED) is 0.750. The van der Waals surface area contributed by atoms with Gasteiger partial charge < -0.3 is 10.0 Å². The van der Waals surface area contributed by atoms with Crippen LogP contribution < -0.4 is 0 Å². The lowest BCUT2D eigenvalue weighted by Gasteiger charge is -2.29. The molecule has 0 radical (unpaired) electrons. The number of benzene rings is 3. The third-order valence-corrected chi connectivity index (χ3v) is 6.11.